The topological polar surface area (TPSA) is 19.4 Å². The molecular weight excluding hydrogens is 270 g/mol. The molecule has 3 unspecified atom stereocenters. The van der Waals surface area contributed by atoms with Gasteiger partial charge in [0.2, 0.25) is 0 Å². The molecule has 2 heterocycles. The van der Waals surface area contributed by atoms with Crippen LogP contribution in [0.2, 0.25) is 0 Å². The van der Waals surface area contributed by atoms with Crippen molar-refractivity contribution in [1.82, 2.24) is 9.88 Å². The van der Waals surface area contributed by atoms with E-state index in [-0.39, 0.29) is 0 Å². The van der Waals surface area contributed by atoms with E-state index < -0.39 is 0 Å². The van der Waals surface area contributed by atoms with Crippen molar-refractivity contribution >= 4 is 5.82 Å². The second-order valence-corrected chi connectivity index (χ2v) is 6.96. The van der Waals surface area contributed by atoms with Crippen molar-refractivity contribution in [1.29, 1.82) is 0 Å². The first-order valence-corrected chi connectivity index (χ1v) is 9.21. The minimum absolute atomic E-state index is 0.905. The van der Waals surface area contributed by atoms with Crippen LogP contribution >= 0.6 is 0 Å². The second-order valence-electron chi connectivity index (χ2n) is 6.96. The molecule has 4 rings (SSSR count). The lowest BCUT2D eigenvalue weighted by atomic mass is 9.93. The van der Waals surface area contributed by atoms with E-state index in [0.717, 1.165) is 36.8 Å². The van der Waals surface area contributed by atoms with Crippen LogP contribution in [0.4, 0.5) is 5.82 Å². The Morgan fingerprint density at radius 3 is 2.32 bits per heavy atom. The summed E-state index contributed by atoms with van der Waals surface area (Å²) < 4.78 is 0. The molecule has 1 aliphatic heterocycles. The molecule has 1 aromatic heterocycles. The summed E-state index contributed by atoms with van der Waals surface area (Å²) in [5, 5.41) is 0. The molecule has 22 heavy (non-hydrogen) atoms. The maximum absolute atomic E-state index is 4.57. The smallest absolute Gasteiger partial charge is 0.128 e. The van der Waals surface area contributed by atoms with Crippen molar-refractivity contribution in [3.63, 3.8) is 0 Å². The Hall–Kier alpha value is -1.09. The number of rotatable bonds is 2. The zero-order valence-electron chi connectivity index (χ0n) is 14.5. The molecule has 3 atom stereocenters. The van der Waals surface area contributed by atoms with Gasteiger partial charge in [-0.05, 0) is 49.7 Å². The highest BCUT2D eigenvalue weighted by atomic mass is 15.3. The van der Waals surface area contributed by atoms with E-state index in [9.17, 15) is 0 Å². The lowest BCUT2D eigenvalue weighted by Crippen LogP contribution is -2.52. The first-order chi connectivity index (χ1) is 10.8. The monoisotopic (exact) mass is 301 g/mol. The highest BCUT2D eigenvalue weighted by Gasteiger charge is 2.42. The number of nitrogens with zero attached hydrogens (tertiary/aromatic N) is 3. The van der Waals surface area contributed by atoms with Crippen LogP contribution in [0, 0.1) is 18.8 Å². The number of piperazine rings is 1. The van der Waals surface area contributed by atoms with Gasteiger partial charge in [-0.2, -0.15) is 0 Å². The molecule has 3 nitrogen and oxygen atoms in total. The van der Waals surface area contributed by atoms with E-state index in [0.29, 0.717) is 0 Å². The van der Waals surface area contributed by atoms with Gasteiger partial charge in [-0.3, -0.25) is 4.90 Å². The summed E-state index contributed by atoms with van der Waals surface area (Å²) >= 11 is 0. The third kappa shape index (κ3) is 3.15. The Labute approximate surface area is 135 Å². The highest BCUT2D eigenvalue weighted by Crippen LogP contribution is 2.46. The molecule has 2 aliphatic carbocycles. The molecule has 1 aromatic rings. The minimum Gasteiger partial charge on any atom is -0.354 e. The average Bonchev–Trinajstić information content (AvgIpc) is 3.21. The number of anilines is 1. The molecule has 3 aliphatic rings. The fourth-order valence-electron chi connectivity index (χ4n) is 4.59. The SMILES string of the molecule is CC.Cc1ccc(N2CCN(C3CC4CCC3C4)CC2)nc1. The molecule has 3 heteroatoms. The van der Waals surface area contributed by atoms with Gasteiger partial charge in [-0.1, -0.05) is 26.3 Å². The fraction of sp³-hybridized carbons (Fsp3) is 0.737. The molecule has 2 bridgehead atoms. The number of aromatic nitrogens is 1. The summed E-state index contributed by atoms with van der Waals surface area (Å²) in [5.41, 5.74) is 1.24. The fourth-order valence-corrected chi connectivity index (χ4v) is 4.59. The molecule has 0 radical (unpaired) electrons. The molecule has 0 amide bonds. The van der Waals surface area contributed by atoms with Crippen LogP contribution in [-0.4, -0.2) is 42.1 Å². The Morgan fingerprint density at radius 1 is 1.00 bits per heavy atom. The first-order valence-electron chi connectivity index (χ1n) is 9.21. The highest BCUT2D eigenvalue weighted by molar-refractivity contribution is 5.39. The molecule has 2 saturated carbocycles. The third-order valence-corrected chi connectivity index (χ3v) is 5.70. The quantitative estimate of drug-likeness (QED) is 0.830. The Balaban J connectivity index is 0.000000693. The number of hydrogen-bond donors (Lipinski definition) is 0. The molecule has 0 aromatic carbocycles. The maximum atomic E-state index is 4.57. The predicted octanol–water partition coefficient (Wildman–Crippen LogP) is 3.73. The van der Waals surface area contributed by atoms with Gasteiger partial charge in [0.1, 0.15) is 5.82 Å². The van der Waals surface area contributed by atoms with Gasteiger partial charge >= 0.3 is 0 Å². The standard InChI is InChI=1S/C17H25N3.C2H6/c1-13-2-5-17(18-12-13)20-8-6-19(7-9-20)16-11-14-3-4-15(16)10-14;1-2/h2,5,12,14-16H,3-4,6-11H2,1H3;1-2H3. The van der Waals surface area contributed by atoms with Gasteiger partial charge in [-0.25, -0.2) is 4.98 Å². The summed E-state index contributed by atoms with van der Waals surface area (Å²) in [6.07, 6.45) is 7.99. The Kier molecular flexibility index (Phi) is 5.02. The van der Waals surface area contributed by atoms with E-state index >= 15 is 0 Å². The average molecular weight is 301 g/mol. The minimum atomic E-state index is 0.905. The lowest BCUT2D eigenvalue weighted by molar-refractivity contribution is 0.134. The van der Waals surface area contributed by atoms with Crippen LogP contribution in [0.25, 0.3) is 0 Å². The molecule has 0 N–H and O–H groups in total. The maximum Gasteiger partial charge on any atom is 0.128 e. The molecule has 1 saturated heterocycles. The number of hydrogen-bond acceptors (Lipinski definition) is 3. The summed E-state index contributed by atoms with van der Waals surface area (Å²) in [6.45, 7) is 10.8. The summed E-state index contributed by atoms with van der Waals surface area (Å²) in [6, 6.07) is 5.24. The van der Waals surface area contributed by atoms with Crippen molar-refractivity contribution in [2.45, 2.75) is 52.5 Å². The second kappa shape index (κ2) is 6.99. The largest absolute Gasteiger partial charge is 0.354 e. The lowest BCUT2D eigenvalue weighted by Gasteiger charge is -2.41. The zero-order valence-corrected chi connectivity index (χ0v) is 14.5. The van der Waals surface area contributed by atoms with Crippen molar-refractivity contribution < 1.29 is 0 Å². The van der Waals surface area contributed by atoms with Gasteiger partial charge in [0.05, 0.1) is 0 Å². The van der Waals surface area contributed by atoms with E-state index in [1.807, 2.05) is 20.0 Å². The third-order valence-electron chi connectivity index (χ3n) is 5.70. The van der Waals surface area contributed by atoms with Crippen LogP contribution in [0.1, 0.15) is 45.1 Å². The van der Waals surface area contributed by atoms with Crippen LogP contribution in [0.5, 0.6) is 0 Å². The van der Waals surface area contributed by atoms with Crippen LogP contribution in [-0.2, 0) is 0 Å². The normalized spacial score (nSPS) is 31.0. The van der Waals surface area contributed by atoms with Gasteiger partial charge < -0.3 is 4.90 Å². The summed E-state index contributed by atoms with van der Waals surface area (Å²) in [7, 11) is 0. The number of pyridine rings is 1. The van der Waals surface area contributed by atoms with Crippen LogP contribution in [0.3, 0.4) is 0 Å². The zero-order chi connectivity index (χ0) is 15.5. The van der Waals surface area contributed by atoms with Gasteiger partial charge in [0.15, 0.2) is 0 Å². The van der Waals surface area contributed by atoms with E-state index in [2.05, 4.69) is 33.8 Å². The molecular formula is C19H31N3. The van der Waals surface area contributed by atoms with Crippen molar-refractivity contribution in [3.8, 4) is 0 Å². The van der Waals surface area contributed by atoms with Crippen molar-refractivity contribution in [2.75, 3.05) is 31.1 Å². The van der Waals surface area contributed by atoms with Gasteiger partial charge in [0.25, 0.3) is 0 Å². The van der Waals surface area contributed by atoms with Crippen LogP contribution in [0.15, 0.2) is 18.3 Å². The molecule has 3 fully saturated rings. The number of fused-ring (bicyclic) bond motifs is 2. The van der Waals surface area contributed by atoms with E-state index in [1.54, 1.807) is 0 Å². The summed E-state index contributed by atoms with van der Waals surface area (Å²) in [4.78, 5) is 9.79. The van der Waals surface area contributed by atoms with Crippen LogP contribution < -0.4 is 4.90 Å². The Morgan fingerprint density at radius 2 is 1.77 bits per heavy atom. The Bertz CT molecular complexity index is 462. The van der Waals surface area contributed by atoms with Crippen molar-refractivity contribution in [3.05, 3.63) is 23.9 Å². The molecule has 122 valence electrons. The number of aryl methyl sites for hydroxylation is 1. The van der Waals surface area contributed by atoms with Crippen molar-refractivity contribution in [2.24, 2.45) is 11.8 Å². The van der Waals surface area contributed by atoms with E-state index in [1.165, 1.54) is 44.3 Å². The summed E-state index contributed by atoms with van der Waals surface area (Å²) in [5.74, 6) is 3.23. The van der Waals surface area contributed by atoms with E-state index in [4.69, 9.17) is 0 Å². The predicted molar refractivity (Wildman–Crippen MR) is 93.3 cm³/mol. The van der Waals surface area contributed by atoms with Gasteiger partial charge in [0, 0.05) is 38.4 Å². The first kappa shape index (κ1) is 15.8. The molecule has 0 spiro atoms. The van der Waals surface area contributed by atoms with Gasteiger partial charge in [-0.15, -0.1) is 0 Å².